The van der Waals surface area contributed by atoms with Gasteiger partial charge in [0.1, 0.15) is 23.7 Å². The summed E-state index contributed by atoms with van der Waals surface area (Å²) < 4.78 is 34.9. The second-order valence-corrected chi connectivity index (χ2v) is 11.8. The maximum absolute atomic E-state index is 13.4. The Hall–Kier alpha value is -5.27. The highest BCUT2D eigenvalue weighted by Gasteiger charge is 2.57. The number of benzene rings is 3. The van der Waals surface area contributed by atoms with Gasteiger partial charge in [-0.15, -0.1) is 0 Å². The summed E-state index contributed by atoms with van der Waals surface area (Å²) in [5, 5.41) is 5.56. The van der Waals surface area contributed by atoms with Crippen molar-refractivity contribution in [1.82, 2.24) is 10.6 Å². The molecule has 13 nitrogen and oxygen atoms in total. The molecule has 50 heavy (non-hydrogen) atoms. The molecule has 1 fully saturated rings. The molecule has 6 atom stereocenters. The van der Waals surface area contributed by atoms with Gasteiger partial charge in [-0.2, -0.15) is 0 Å². The Labute approximate surface area is 290 Å². The van der Waals surface area contributed by atoms with Crippen molar-refractivity contribution in [2.75, 3.05) is 13.7 Å². The predicted octanol–water partition coefficient (Wildman–Crippen LogP) is 4.09. The number of rotatable bonds is 14. The van der Waals surface area contributed by atoms with E-state index in [2.05, 4.69) is 10.6 Å². The van der Waals surface area contributed by atoms with Gasteiger partial charge in [0.05, 0.1) is 38.8 Å². The molecule has 0 aromatic heterocycles. The van der Waals surface area contributed by atoms with E-state index in [4.69, 9.17) is 28.4 Å². The molecule has 2 amide bonds. The van der Waals surface area contributed by atoms with Gasteiger partial charge >= 0.3 is 17.9 Å². The van der Waals surface area contributed by atoms with Crippen molar-refractivity contribution >= 4 is 29.7 Å². The number of carbonyl (C=O) groups excluding carboxylic acids is 5. The molecular weight excluding hydrogens is 648 g/mol. The van der Waals surface area contributed by atoms with Crippen LogP contribution in [0.25, 0.3) is 0 Å². The Morgan fingerprint density at radius 3 is 2.16 bits per heavy atom. The zero-order chi connectivity index (χ0) is 36.3. The monoisotopic (exact) mass is 690 g/mol. The smallest absolute Gasteiger partial charge is 0.366 e. The lowest BCUT2D eigenvalue weighted by Gasteiger charge is -2.48. The van der Waals surface area contributed by atoms with Gasteiger partial charge < -0.3 is 39.1 Å². The Morgan fingerprint density at radius 2 is 1.54 bits per heavy atom. The molecule has 1 aliphatic rings. The second-order valence-electron chi connectivity index (χ2n) is 11.8. The molecule has 1 aliphatic heterocycles. The summed E-state index contributed by atoms with van der Waals surface area (Å²) in [6.45, 7) is 5.07. The first kappa shape index (κ1) is 37.5. The van der Waals surface area contributed by atoms with E-state index in [1.807, 2.05) is 24.3 Å². The van der Waals surface area contributed by atoms with E-state index in [9.17, 15) is 24.0 Å². The van der Waals surface area contributed by atoms with Gasteiger partial charge in [-0.3, -0.25) is 19.2 Å². The lowest BCUT2D eigenvalue weighted by Crippen LogP contribution is -2.67. The van der Waals surface area contributed by atoms with Crippen LogP contribution in [0.3, 0.4) is 0 Å². The van der Waals surface area contributed by atoms with Crippen LogP contribution in [0.5, 0.6) is 11.5 Å². The number of nitrogens with one attached hydrogen (secondary N) is 2. The molecule has 0 spiro atoms. The summed E-state index contributed by atoms with van der Waals surface area (Å²) in [5.41, 5.74) is 1.00. The first-order chi connectivity index (χ1) is 23.9. The highest BCUT2D eigenvalue weighted by molar-refractivity contribution is 5.94. The van der Waals surface area contributed by atoms with Gasteiger partial charge in [-0.25, -0.2) is 4.79 Å². The van der Waals surface area contributed by atoms with E-state index in [1.165, 1.54) is 20.8 Å². The van der Waals surface area contributed by atoms with Crippen LogP contribution in [0.2, 0.25) is 0 Å². The van der Waals surface area contributed by atoms with Gasteiger partial charge in [0.15, 0.2) is 0 Å². The normalized spacial score (nSPS) is 21.1. The van der Waals surface area contributed by atoms with Crippen molar-refractivity contribution in [3.8, 4) is 11.5 Å². The van der Waals surface area contributed by atoms with E-state index in [0.29, 0.717) is 11.5 Å². The number of hydrogen-bond donors (Lipinski definition) is 2. The van der Waals surface area contributed by atoms with Crippen molar-refractivity contribution < 1.29 is 52.4 Å². The lowest BCUT2D eigenvalue weighted by atomic mass is 9.83. The molecule has 2 N–H and O–H groups in total. The number of methoxy groups -OCH3 is 1. The fraction of sp³-hybridized carbons (Fsp3) is 0.378. The molecule has 3 aromatic rings. The van der Waals surface area contributed by atoms with Crippen LogP contribution < -0.4 is 15.4 Å². The molecule has 266 valence electrons. The minimum atomic E-state index is -2.10. The Morgan fingerprint density at radius 1 is 0.880 bits per heavy atom. The standard InChI is InChI=1S/C37H42N2O11/c1-23(32(48-26(4)42)21-38-35(43)28-15-12-18-30(19-28)49-29-16-10-7-11-17-29)34-33(39-24(2)40)31(47-25(3)41)20-37(50-34,36(44)45-5)46-22-27-13-8-6-9-14-27/h6-19,23,31-34H,20-22H2,1-5H3,(H,38,43)(H,39,40)/t23-,31+,32-,33-,34+,37+/m1/s1. The van der Waals surface area contributed by atoms with Crippen LogP contribution in [0, 0.1) is 5.92 Å². The first-order valence-corrected chi connectivity index (χ1v) is 16.1. The quantitative estimate of drug-likeness (QED) is 0.185. The Kier molecular flexibility index (Phi) is 13.1. The summed E-state index contributed by atoms with van der Waals surface area (Å²) in [7, 11) is 1.16. The second kappa shape index (κ2) is 17.4. The van der Waals surface area contributed by atoms with Crippen LogP contribution in [0.1, 0.15) is 50.0 Å². The average Bonchev–Trinajstić information content (AvgIpc) is 3.09. The van der Waals surface area contributed by atoms with Crippen LogP contribution >= 0.6 is 0 Å². The number of ether oxygens (including phenoxy) is 6. The van der Waals surface area contributed by atoms with Crippen LogP contribution in [0.4, 0.5) is 0 Å². The van der Waals surface area contributed by atoms with Gasteiger partial charge in [0.25, 0.3) is 11.7 Å². The van der Waals surface area contributed by atoms with E-state index in [0.717, 1.165) is 12.7 Å². The Bertz CT molecular complexity index is 1630. The minimum absolute atomic E-state index is 0.0783. The summed E-state index contributed by atoms with van der Waals surface area (Å²) in [5.74, 6) is -5.10. The van der Waals surface area contributed by atoms with Crippen LogP contribution in [-0.4, -0.2) is 73.5 Å². The van der Waals surface area contributed by atoms with E-state index < -0.39 is 65.8 Å². The molecule has 0 aliphatic carbocycles. The van der Waals surface area contributed by atoms with Crippen molar-refractivity contribution in [3.63, 3.8) is 0 Å². The SMILES string of the molecule is COC(=O)[C@]1(OCc2ccccc2)C[C@H](OC(C)=O)[C@@H](NC(C)=O)[C@H]([C@H](C)[C@@H](CNC(=O)c2cccc(Oc3ccccc3)c2)OC(C)=O)O1. The molecule has 0 bridgehead atoms. The summed E-state index contributed by atoms with van der Waals surface area (Å²) >= 11 is 0. The van der Waals surface area contributed by atoms with E-state index >= 15 is 0 Å². The van der Waals surface area contributed by atoms with E-state index in [-0.39, 0.29) is 25.1 Å². The predicted molar refractivity (Wildman–Crippen MR) is 179 cm³/mol. The fourth-order valence-electron chi connectivity index (χ4n) is 5.71. The number of hydrogen-bond acceptors (Lipinski definition) is 11. The maximum atomic E-state index is 13.4. The van der Waals surface area contributed by atoms with E-state index in [1.54, 1.807) is 67.6 Å². The molecule has 4 rings (SSSR count). The molecule has 0 radical (unpaired) electrons. The first-order valence-electron chi connectivity index (χ1n) is 16.1. The van der Waals surface area contributed by atoms with Gasteiger partial charge in [-0.05, 0) is 35.9 Å². The maximum Gasteiger partial charge on any atom is 0.366 e. The third-order valence-electron chi connectivity index (χ3n) is 8.01. The lowest BCUT2D eigenvalue weighted by molar-refractivity contribution is -0.310. The van der Waals surface area contributed by atoms with Crippen molar-refractivity contribution in [1.29, 1.82) is 0 Å². The molecule has 0 saturated carbocycles. The fourth-order valence-corrected chi connectivity index (χ4v) is 5.71. The number of amides is 2. The van der Waals surface area contributed by atoms with Crippen LogP contribution in [-0.2, 0) is 49.5 Å². The van der Waals surface area contributed by atoms with Gasteiger partial charge in [-0.1, -0.05) is 61.5 Å². The average molecular weight is 691 g/mol. The summed E-state index contributed by atoms with van der Waals surface area (Å²) in [6, 6.07) is 23.6. The van der Waals surface area contributed by atoms with Crippen molar-refractivity contribution in [2.45, 2.75) is 70.9 Å². The number of esters is 3. The molecule has 3 aromatic carbocycles. The number of para-hydroxylation sites is 1. The summed E-state index contributed by atoms with van der Waals surface area (Å²) in [6.07, 6.45) is -3.68. The Balaban J connectivity index is 1.63. The van der Waals surface area contributed by atoms with Crippen LogP contribution in [0.15, 0.2) is 84.9 Å². The molecule has 13 heteroatoms. The highest BCUT2D eigenvalue weighted by Crippen LogP contribution is 2.38. The number of carbonyl (C=O) groups is 5. The largest absolute Gasteiger partial charge is 0.465 e. The molecular formula is C37H42N2O11. The van der Waals surface area contributed by atoms with Crippen molar-refractivity contribution in [2.24, 2.45) is 5.92 Å². The topological polar surface area (TPSA) is 165 Å². The van der Waals surface area contributed by atoms with Gasteiger partial charge in [0.2, 0.25) is 5.91 Å². The zero-order valence-corrected chi connectivity index (χ0v) is 28.6. The third-order valence-corrected chi connectivity index (χ3v) is 8.01. The zero-order valence-electron chi connectivity index (χ0n) is 28.6. The molecule has 0 unspecified atom stereocenters. The minimum Gasteiger partial charge on any atom is -0.465 e. The molecule has 1 saturated heterocycles. The third kappa shape index (κ3) is 10.1. The highest BCUT2D eigenvalue weighted by atomic mass is 16.7. The van der Waals surface area contributed by atoms with Gasteiger partial charge in [0, 0.05) is 32.3 Å². The molecule has 1 heterocycles. The summed E-state index contributed by atoms with van der Waals surface area (Å²) in [4.78, 5) is 63.9. The van der Waals surface area contributed by atoms with Crippen molar-refractivity contribution in [3.05, 3.63) is 96.1 Å².